The smallest absolute Gasteiger partial charge is 0.233 e. The van der Waals surface area contributed by atoms with Crippen molar-refractivity contribution in [3.05, 3.63) is 35.9 Å². The number of amides is 2. The van der Waals surface area contributed by atoms with Crippen LogP contribution in [0.2, 0.25) is 0 Å². The monoisotopic (exact) mass is 258 g/mol. The fourth-order valence-corrected chi connectivity index (χ4v) is 2.91. The Bertz CT molecular complexity index is 527. The minimum absolute atomic E-state index is 0.141. The largest absolute Gasteiger partial charge is 0.411 e. The quantitative estimate of drug-likeness (QED) is 0.495. The average Bonchev–Trinajstić information content (AvgIpc) is 2.96. The molecule has 1 aromatic carbocycles. The molecule has 2 fully saturated rings. The van der Waals surface area contributed by atoms with Crippen molar-refractivity contribution in [1.29, 1.82) is 0 Å². The maximum Gasteiger partial charge on any atom is 0.233 e. The number of hydrogen-bond acceptors (Lipinski definition) is 4. The van der Waals surface area contributed by atoms with Gasteiger partial charge in [0, 0.05) is 12.8 Å². The number of fused-ring (bicyclic) bond motifs is 1. The number of nitrogens with zero attached hydrogens (tertiary/aromatic N) is 2. The van der Waals surface area contributed by atoms with Gasteiger partial charge in [0.15, 0.2) is 0 Å². The summed E-state index contributed by atoms with van der Waals surface area (Å²) in [5.41, 5.74) is 1.50. The maximum absolute atomic E-state index is 12.2. The zero-order valence-corrected chi connectivity index (χ0v) is 10.3. The van der Waals surface area contributed by atoms with Gasteiger partial charge in [-0.1, -0.05) is 35.5 Å². The number of imide groups is 1. The molecule has 1 heterocycles. The molecular weight excluding hydrogens is 244 g/mol. The molecule has 3 rings (SSSR count). The van der Waals surface area contributed by atoms with Crippen molar-refractivity contribution in [2.45, 2.75) is 19.4 Å². The molecule has 0 spiro atoms. The van der Waals surface area contributed by atoms with Crippen LogP contribution in [0.4, 0.5) is 0 Å². The summed E-state index contributed by atoms with van der Waals surface area (Å²) in [6.07, 6.45) is 0.800. The normalized spacial score (nSPS) is 28.2. The van der Waals surface area contributed by atoms with E-state index in [4.69, 9.17) is 5.21 Å². The van der Waals surface area contributed by atoms with Gasteiger partial charge in [0.05, 0.1) is 24.1 Å². The van der Waals surface area contributed by atoms with Crippen LogP contribution in [0.25, 0.3) is 0 Å². The molecular formula is C14H14N2O3. The molecule has 1 aliphatic heterocycles. The molecule has 19 heavy (non-hydrogen) atoms. The second-order valence-corrected chi connectivity index (χ2v) is 5.04. The van der Waals surface area contributed by atoms with Gasteiger partial charge in [0.1, 0.15) is 0 Å². The number of carbonyl (C=O) groups is 2. The van der Waals surface area contributed by atoms with E-state index in [9.17, 15) is 9.59 Å². The van der Waals surface area contributed by atoms with Gasteiger partial charge in [-0.3, -0.25) is 14.5 Å². The van der Waals surface area contributed by atoms with E-state index in [1.807, 2.05) is 30.3 Å². The van der Waals surface area contributed by atoms with Gasteiger partial charge in [-0.2, -0.15) is 0 Å². The van der Waals surface area contributed by atoms with E-state index in [1.165, 1.54) is 4.90 Å². The van der Waals surface area contributed by atoms with Crippen molar-refractivity contribution in [3.63, 3.8) is 0 Å². The third-order valence-electron chi connectivity index (χ3n) is 3.89. The molecule has 2 atom stereocenters. The maximum atomic E-state index is 12.2. The fraction of sp³-hybridized carbons (Fsp3) is 0.357. The van der Waals surface area contributed by atoms with E-state index in [0.29, 0.717) is 25.1 Å². The van der Waals surface area contributed by atoms with Crippen LogP contribution in [0.1, 0.15) is 18.4 Å². The summed E-state index contributed by atoms with van der Waals surface area (Å²) in [7, 11) is 0. The number of hydrogen-bond donors (Lipinski definition) is 1. The molecule has 5 heteroatoms. The van der Waals surface area contributed by atoms with Gasteiger partial charge in [-0.05, 0) is 5.56 Å². The summed E-state index contributed by atoms with van der Waals surface area (Å²) >= 11 is 0. The Morgan fingerprint density at radius 3 is 2.21 bits per heavy atom. The third kappa shape index (κ3) is 1.91. The summed E-state index contributed by atoms with van der Waals surface area (Å²) in [5.74, 6) is -0.945. The molecule has 2 amide bonds. The van der Waals surface area contributed by atoms with Crippen molar-refractivity contribution in [1.82, 2.24) is 4.90 Å². The van der Waals surface area contributed by atoms with E-state index in [2.05, 4.69) is 5.16 Å². The molecule has 98 valence electrons. The SMILES string of the molecule is O=C1[C@H]2C/C(=N\O)C[C@H]2C(=O)N1Cc1ccccc1. The Hall–Kier alpha value is -2.17. The fourth-order valence-electron chi connectivity index (χ4n) is 2.91. The number of benzene rings is 1. The second kappa shape index (κ2) is 4.50. The number of rotatable bonds is 2. The Balaban J connectivity index is 1.80. The lowest BCUT2D eigenvalue weighted by atomic mass is 10.00. The lowest BCUT2D eigenvalue weighted by Gasteiger charge is -2.15. The molecule has 1 N–H and O–H groups in total. The predicted molar refractivity (Wildman–Crippen MR) is 67.4 cm³/mol. The van der Waals surface area contributed by atoms with Crippen LogP contribution in [0.3, 0.4) is 0 Å². The summed E-state index contributed by atoms with van der Waals surface area (Å²) in [4.78, 5) is 25.8. The molecule has 1 aromatic rings. The number of oxime groups is 1. The van der Waals surface area contributed by atoms with Crippen LogP contribution >= 0.6 is 0 Å². The molecule has 0 unspecified atom stereocenters. The van der Waals surface area contributed by atoms with Crippen molar-refractivity contribution in [2.24, 2.45) is 17.0 Å². The van der Waals surface area contributed by atoms with Gasteiger partial charge >= 0.3 is 0 Å². The Kier molecular flexibility index (Phi) is 2.81. The minimum atomic E-state index is -0.331. The van der Waals surface area contributed by atoms with Gasteiger partial charge in [-0.25, -0.2) is 0 Å². The summed E-state index contributed by atoms with van der Waals surface area (Å²) in [5, 5.41) is 11.9. The first kappa shape index (κ1) is 11.9. The topological polar surface area (TPSA) is 70.0 Å². The van der Waals surface area contributed by atoms with Crippen molar-refractivity contribution >= 4 is 17.5 Å². The van der Waals surface area contributed by atoms with Gasteiger partial charge < -0.3 is 5.21 Å². The van der Waals surface area contributed by atoms with Crippen LogP contribution < -0.4 is 0 Å². The summed E-state index contributed by atoms with van der Waals surface area (Å²) in [6, 6.07) is 9.47. The highest BCUT2D eigenvalue weighted by Gasteiger charge is 2.51. The van der Waals surface area contributed by atoms with Crippen molar-refractivity contribution in [2.75, 3.05) is 0 Å². The predicted octanol–water partition coefficient (Wildman–Crippen LogP) is 1.41. The van der Waals surface area contributed by atoms with E-state index in [0.717, 1.165) is 5.56 Å². The summed E-state index contributed by atoms with van der Waals surface area (Å²) < 4.78 is 0. The summed E-state index contributed by atoms with van der Waals surface area (Å²) in [6.45, 7) is 0.330. The second-order valence-electron chi connectivity index (χ2n) is 5.04. The average molecular weight is 258 g/mol. The Morgan fingerprint density at radius 1 is 1.11 bits per heavy atom. The Morgan fingerprint density at radius 2 is 1.68 bits per heavy atom. The highest BCUT2D eigenvalue weighted by atomic mass is 16.4. The Labute approximate surface area is 110 Å². The molecule has 1 saturated carbocycles. The third-order valence-corrected chi connectivity index (χ3v) is 3.89. The molecule has 0 aromatic heterocycles. The molecule has 0 radical (unpaired) electrons. The molecule has 0 bridgehead atoms. The van der Waals surface area contributed by atoms with Crippen molar-refractivity contribution < 1.29 is 14.8 Å². The van der Waals surface area contributed by atoms with Crippen LogP contribution in [0.5, 0.6) is 0 Å². The van der Waals surface area contributed by atoms with E-state index >= 15 is 0 Å². The lowest BCUT2D eigenvalue weighted by molar-refractivity contribution is -0.140. The van der Waals surface area contributed by atoms with Crippen LogP contribution in [-0.2, 0) is 16.1 Å². The highest BCUT2D eigenvalue weighted by molar-refractivity contribution is 6.10. The van der Waals surface area contributed by atoms with E-state index in [-0.39, 0.29) is 23.7 Å². The van der Waals surface area contributed by atoms with E-state index in [1.54, 1.807) is 0 Å². The first-order valence-corrected chi connectivity index (χ1v) is 6.29. The van der Waals surface area contributed by atoms with Crippen LogP contribution in [0.15, 0.2) is 35.5 Å². The highest BCUT2D eigenvalue weighted by Crippen LogP contribution is 2.39. The van der Waals surface area contributed by atoms with Gasteiger partial charge in [-0.15, -0.1) is 0 Å². The van der Waals surface area contributed by atoms with Crippen LogP contribution in [-0.4, -0.2) is 27.6 Å². The van der Waals surface area contributed by atoms with Gasteiger partial charge in [0.25, 0.3) is 0 Å². The first-order valence-electron chi connectivity index (χ1n) is 6.29. The molecule has 5 nitrogen and oxygen atoms in total. The zero-order chi connectivity index (χ0) is 13.4. The zero-order valence-electron chi connectivity index (χ0n) is 10.3. The van der Waals surface area contributed by atoms with Gasteiger partial charge in [0.2, 0.25) is 11.8 Å². The number of carbonyl (C=O) groups excluding carboxylic acids is 2. The molecule has 1 saturated heterocycles. The molecule has 2 aliphatic rings. The lowest BCUT2D eigenvalue weighted by Crippen LogP contribution is -2.31. The van der Waals surface area contributed by atoms with Crippen molar-refractivity contribution in [3.8, 4) is 0 Å². The van der Waals surface area contributed by atoms with Crippen LogP contribution in [0, 0.1) is 11.8 Å². The first-order chi connectivity index (χ1) is 9.20. The van der Waals surface area contributed by atoms with E-state index < -0.39 is 0 Å². The minimum Gasteiger partial charge on any atom is -0.411 e. The standard InChI is InChI=1S/C14H14N2O3/c17-13-11-6-10(15-19)7-12(11)14(18)16(13)8-9-4-2-1-3-5-9/h1-5,11-12,19H,6-8H2/b15-10-/t11-,12+/m1/s1. The molecule has 1 aliphatic carbocycles. The number of likely N-dealkylation sites (tertiary alicyclic amines) is 1.